The molecule has 2 amide bonds. The average molecular weight is 460 g/mol. The van der Waals surface area contributed by atoms with E-state index in [0.29, 0.717) is 40.0 Å². The van der Waals surface area contributed by atoms with Gasteiger partial charge in [-0.1, -0.05) is 6.07 Å². The SMILES string of the molecule is COc1cc(NC(=O)Nc2ccc(OCc3cc(=O)n4cc(C)ccc4n3)cc2)cc(OC)c1. The number of urea groups is 1. The fourth-order valence-electron chi connectivity index (χ4n) is 3.30. The predicted molar refractivity (Wildman–Crippen MR) is 129 cm³/mol. The van der Waals surface area contributed by atoms with Gasteiger partial charge < -0.3 is 24.8 Å². The van der Waals surface area contributed by atoms with Crippen molar-refractivity contribution >= 4 is 23.1 Å². The normalized spacial score (nSPS) is 10.6. The first-order chi connectivity index (χ1) is 16.4. The molecule has 0 saturated heterocycles. The summed E-state index contributed by atoms with van der Waals surface area (Å²) in [6.07, 6.45) is 1.75. The minimum Gasteiger partial charge on any atom is -0.497 e. The summed E-state index contributed by atoms with van der Waals surface area (Å²) >= 11 is 0. The number of anilines is 2. The first-order valence-corrected chi connectivity index (χ1v) is 10.5. The van der Waals surface area contributed by atoms with Crippen molar-refractivity contribution in [2.75, 3.05) is 24.9 Å². The van der Waals surface area contributed by atoms with Gasteiger partial charge in [0.15, 0.2) is 0 Å². The van der Waals surface area contributed by atoms with Crippen LogP contribution in [0.1, 0.15) is 11.3 Å². The van der Waals surface area contributed by atoms with Crippen molar-refractivity contribution in [3.8, 4) is 17.2 Å². The van der Waals surface area contributed by atoms with Crippen molar-refractivity contribution in [2.24, 2.45) is 0 Å². The third-order valence-corrected chi connectivity index (χ3v) is 4.97. The van der Waals surface area contributed by atoms with E-state index < -0.39 is 6.03 Å². The third-order valence-electron chi connectivity index (χ3n) is 4.97. The molecule has 9 heteroatoms. The molecule has 0 unspecified atom stereocenters. The highest BCUT2D eigenvalue weighted by atomic mass is 16.5. The number of carbonyl (C=O) groups excluding carboxylic acids is 1. The summed E-state index contributed by atoms with van der Waals surface area (Å²) in [4.78, 5) is 29.2. The van der Waals surface area contributed by atoms with Crippen LogP contribution < -0.4 is 30.4 Å². The minimum absolute atomic E-state index is 0.143. The standard InChI is InChI=1S/C25H24N4O5/c1-16-4-9-23-26-19(12-24(30)29(23)14-16)15-34-20-7-5-17(6-8-20)27-25(31)28-18-10-21(32-2)13-22(11-18)33-3/h4-14H,15H2,1-3H3,(H2,27,28,31). The van der Waals surface area contributed by atoms with Gasteiger partial charge in [-0.15, -0.1) is 0 Å². The molecule has 0 aliphatic heterocycles. The second kappa shape index (κ2) is 9.95. The highest BCUT2D eigenvalue weighted by molar-refractivity contribution is 6.00. The summed E-state index contributed by atoms with van der Waals surface area (Å²) in [6, 6.07) is 16.7. The van der Waals surface area contributed by atoms with E-state index in [-0.39, 0.29) is 12.2 Å². The molecule has 0 aliphatic rings. The van der Waals surface area contributed by atoms with Gasteiger partial charge >= 0.3 is 6.03 Å². The Hall–Kier alpha value is -4.53. The van der Waals surface area contributed by atoms with Crippen LogP contribution in [0.4, 0.5) is 16.2 Å². The third kappa shape index (κ3) is 5.44. The molecule has 34 heavy (non-hydrogen) atoms. The maximum Gasteiger partial charge on any atom is 0.323 e. The number of amides is 2. The maximum atomic E-state index is 12.4. The fraction of sp³-hybridized carbons (Fsp3) is 0.160. The zero-order valence-corrected chi connectivity index (χ0v) is 19.0. The van der Waals surface area contributed by atoms with Gasteiger partial charge in [-0.25, -0.2) is 9.78 Å². The molecule has 4 rings (SSSR count). The van der Waals surface area contributed by atoms with Crippen LogP contribution in [0.25, 0.3) is 5.65 Å². The van der Waals surface area contributed by atoms with Gasteiger partial charge in [0.05, 0.1) is 19.9 Å². The van der Waals surface area contributed by atoms with Crippen LogP contribution in [0, 0.1) is 6.92 Å². The quantitative estimate of drug-likeness (QED) is 0.428. The lowest BCUT2D eigenvalue weighted by atomic mass is 10.2. The Morgan fingerprint density at radius 2 is 1.56 bits per heavy atom. The van der Waals surface area contributed by atoms with Crippen molar-refractivity contribution < 1.29 is 19.0 Å². The topological polar surface area (TPSA) is 103 Å². The molecule has 174 valence electrons. The molecule has 4 aromatic rings. The van der Waals surface area contributed by atoms with Crippen molar-refractivity contribution in [2.45, 2.75) is 13.5 Å². The monoisotopic (exact) mass is 460 g/mol. The van der Waals surface area contributed by atoms with E-state index in [1.807, 2.05) is 13.0 Å². The van der Waals surface area contributed by atoms with Crippen LogP contribution in [0.5, 0.6) is 17.2 Å². The maximum absolute atomic E-state index is 12.4. The number of carbonyl (C=O) groups is 1. The molecule has 2 N–H and O–H groups in total. The number of nitrogens with zero attached hydrogens (tertiary/aromatic N) is 2. The van der Waals surface area contributed by atoms with Gasteiger partial charge in [0.2, 0.25) is 0 Å². The number of fused-ring (bicyclic) bond motifs is 1. The second-order valence-corrected chi connectivity index (χ2v) is 7.51. The molecule has 2 aromatic heterocycles. The van der Waals surface area contributed by atoms with Gasteiger partial charge in [-0.2, -0.15) is 0 Å². The Labute approximate surface area is 195 Å². The summed E-state index contributed by atoms with van der Waals surface area (Å²) in [6.45, 7) is 2.06. The molecule has 0 atom stereocenters. The van der Waals surface area contributed by atoms with Gasteiger partial charge in [0, 0.05) is 41.8 Å². The molecule has 2 heterocycles. The number of aromatic nitrogens is 2. The summed E-state index contributed by atoms with van der Waals surface area (Å²) in [5, 5.41) is 5.50. The van der Waals surface area contributed by atoms with Crippen LogP contribution in [0.3, 0.4) is 0 Å². The number of aryl methyl sites for hydroxylation is 1. The number of nitrogens with one attached hydrogen (secondary N) is 2. The average Bonchev–Trinajstić information content (AvgIpc) is 2.83. The molecule has 2 aromatic carbocycles. The molecule has 9 nitrogen and oxygen atoms in total. The molecule has 0 aliphatic carbocycles. The molecule has 0 bridgehead atoms. The molecule has 0 radical (unpaired) electrons. The van der Waals surface area contributed by atoms with Crippen molar-refractivity contribution in [3.63, 3.8) is 0 Å². The number of benzene rings is 2. The van der Waals surface area contributed by atoms with Crippen LogP contribution in [-0.4, -0.2) is 29.6 Å². The van der Waals surface area contributed by atoms with Crippen LogP contribution >= 0.6 is 0 Å². The van der Waals surface area contributed by atoms with Crippen molar-refractivity contribution in [1.82, 2.24) is 9.38 Å². The highest BCUT2D eigenvalue weighted by Crippen LogP contribution is 2.26. The van der Waals surface area contributed by atoms with Crippen molar-refractivity contribution in [3.05, 3.63) is 88.5 Å². The molecule has 0 fully saturated rings. The number of rotatable bonds is 7. The number of hydrogen-bond donors (Lipinski definition) is 2. The van der Waals surface area contributed by atoms with Gasteiger partial charge in [0.25, 0.3) is 5.56 Å². The molecule has 0 spiro atoms. The number of hydrogen-bond acceptors (Lipinski definition) is 6. The van der Waals surface area contributed by atoms with E-state index in [9.17, 15) is 9.59 Å². The predicted octanol–water partition coefficient (Wildman–Crippen LogP) is 4.24. The number of methoxy groups -OCH3 is 2. The van der Waals surface area contributed by atoms with E-state index in [4.69, 9.17) is 14.2 Å². The lowest BCUT2D eigenvalue weighted by Crippen LogP contribution is -2.19. The number of ether oxygens (including phenoxy) is 3. The highest BCUT2D eigenvalue weighted by Gasteiger charge is 2.08. The van der Waals surface area contributed by atoms with Crippen LogP contribution in [-0.2, 0) is 6.61 Å². The Morgan fingerprint density at radius 3 is 2.24 bits per heavy atom. The summed E-state index contributed by atoms with van der Waals surface area (Å²) in [5.41, 5.74) is 3.03. The zero-order valence-electron chi connectivity index (χ0n) is 19.0. The first kappa shape index (κ1) is 22.7. The lowest BCUT2D eigenvalue weighted by Gasteiger charge is -2.11. The van der Waals surface area contributed by atoms with E-state index in [2.05, 4.69) is 15.6 Å². The molecule has 0 saturated carbocycles. The summed E-state index contributed by atoms with van der Waals surface area (Å²) in [7, 11) is 3.08. The largest absolute Gasteiger partial charge is 0.497 e. The van der Waals surface area contributed by atoms with Crippen LogP contribution in [0.15, 0.2) is 71.7 Å². The fourth-order valence-corrected chi connectivity index (χ4v) is 3.30. The van der Waals surface area contributed by atoms with Gasteiger partial charge in [-0.3, -0.25) is 9.20 Å². The van der Waals surface area contributed by atoms with Crippen LogP contribution in [0.2, 0.25) is 0 Å². The van der Waals surface area contributed by atoms with Crippen molar-refractivity contribution in [1.29, 1.82) is 0 Å². The minimum atomic E-state index is -0.417. The van der Waals surface area contributed by atoms with E-state index in [1.54, 1.807) is 54.7 Å². The Kier molecular flexibility index (Phi) is 6.63. The van der Waals surface area contributed by atoms with E-state index >= 15 is 0 Å². The molecular weight excluding hydrogens is 436 g/mol. The van der Waals surface area contributed by atoms with Gasteiger partial charge in [0.1, 0.15) is 29.5 Å². The zero-order chi connectivity index (χ0) is 24.1. The first-order valence-electron chi connectivity index (χ1n) is 10.5. The Balaban J connectivity index is 1.36. The smallest absolute Gasteiger partial charge is 0.323 e. The summed E-state index contributed by atoms with van der Waals surface area (Å²) < 4.78 is 17.7. The number of pyridine rings is 1. The second-order valence-electron chi connectivity index (χ2n) is 7.51. The lowest BCUT2D eigenvalue weighted by molar-refractivity contribution is 0.262. The van der Waals surface area contributed by atoms with E-state index in [0.717, 1.165) is 5.56 Å². The Bertz CT molecular complexity index is 1360. The molecular formula is C25H24N4O5. The Morgan fingerprint density at radius 1 is 0.882 bits per heavy atom. The summed E-state index contributed by atoms with van der Waals surface area (Å²) in [5.74, 6) is 1.71. The van der Waals surface area contributed by atoms with E-state index in [1.165, 1.54) is 24.7 Å². The van der Waals surface area contributed by atoms with Gasteiger partial charge in [-0.05, 0) is 42.8 Å².